The van der Waals surface area contributed by atoms with Gasteiger partial charge in [0, 0.05) is 0 Å². The second-order valence-electron chi connectivity index (χ2n) is 8.59. The van der Waals surface area contributed by atoms with Crippen molar-refractivity contribution < 1.29 is 19.1 Å². The van der Waals surface area contributed by atoms with E-state index in [0.717, 1.165) is 44.8 Å². The second-order valence-corrected chi connectivity index (χ2v) is 9.59. The number of carbonyl (C=O) groups excluding carboxylic acids is 2. The molecule has 1 aliphatic heterocycles. The molecule has 0 atom stereocenters. The Hall–Kier alpha value is -4.03. The van der Waals surface area contributed by atoms with Crippen LogP contribution >= 0.6 is 11.8 Å². The van der Waals surface area contributed by atoms with Crippen molar-refractivity contribution >= 4 is 39.8 Å². The van der Waals surface area contributed by atoms with Crippen LogP contribution in [0.5, 0.6) is 11.5 Å². The maximum atomic E-state index is 13.0. The first-order valence-electron chi connectivity index (χ1n) is 11.6. The van der Waals surface area contributed by atoms with Crippen LogP contribution in [0.2, 0.25) is 0 Å². The molecule has 4 aromatic rings. The summed E-state index contributed by atoms with van der Waals surface area (Å²) in [6.07, 6.45) is 1.72. The van der Waals surface area contributed by atoms with Crippen LogP contribution in [0.3, 0.4) is 0 Å². The van der Waals surface area contributed by atoms with Crippen molar-refractivity contribution in [1.82, 2.24) is 4.90 Å². The standard InChI is InChI=1S/C30H25NO4S/c1-20-7-5-8-22(15-20)18-31-29(32)28(36-30(31)33)17-21-13-14-26(27(16-21)34-2)35-19-24-11-6-10-23-9-3-4-12-25(23)24/h3-17H,18-19H2,1-2H3/b28-17+. The number of nitrogens with zero attached hydrogens (tertiary/aromatic N) is 1. The van der Waals surface area contributed by atoms with Gasteiger partial charge < -0.3 is 9.47 Å². The van der Waals surface area contributed by atoms with E-state index in [1.54, 1.807) is 13.2 Å². The van der Waals surface area contributed by atoms with Gasteiger partial charge in [0.2, 0.25) is 0 Å². The molecule has 0 saturated carbocycles. The minimum absolute atomic E-state index is 0.258. The molecule has 5 nitrogen and oxygen atoms in total. The maximum Gasteiger partial charge on any atom is 0.293 e. The van der Waals surface area contributed by atoms with Gasteiger partial charge in [0.15, 0.2) is 11.5 Å². The Morgan fingerprint density at radius 1 is 0.889 bits per heavy atom. The fourth-order valence-corrected chi connectivity index (χ4v) is 5.09. The van der Waals surface area contributed by atoms with Crippen LogP contribution in [-0.4, -0.2) is 23.2 Å². The van der Waals surface area contributed by atoms with Crippen LogP contribution in [0.1, 0.15) is 22.3 Å². The number of hydrogen-bond donors (Lipinski definition) is 0. The Bertz CT molecular complexity index is 1490. The van der Waals surface area contributed by atoms with Crippen molar-refractivity contribution in [3.63, 3.8) is 0 Å². The monoisotopic (exact) mass is 495 g/mol. The molecule has 0 radical (unpaired) electrons. The first kappa shape index (κ1) is 23.7. The number of imide groups is 1. The van der Waals surface area contributed by atoms with Crippen LogP contribution in [-0.2, 0) is 17.9 Å². The summed E-state index contributed by atoms with van der Waals surface area (Å²) >= 11 is 0.953. The summed E-state index contributed by atoms with van der Waals surface area (Å²) in [5, 5.41) is 2.05. The minimum atomic E-state index is -0.290. The largest absolute Gasteiger partial charge is 0.493 e. The number of rotatable bonds is 7. The lowest BCUT2D eigenvalue weighted by atomic mass is 10.1. The predicted octanol–water partition coefficient (Wildman–Crippen LogP) is 6.97. The molecule has 2 amide bonds. The number of benzene rings is 4. The van der Waals surface area contributed by atoms with Gasteiger partial charge in [-0.3, -0.25) is 14.5 Å². The highest BCUT2D eigenvalue weighted by atomic mass is 32.2. The van der Waals surface area contributed by atoms with E-state index in [2.05, 4.69) is 24.3 Å². The molecule has 36 heavy (non-hydrogen) atoms. The first-order chi connectivity index (χ1) is 17.5. The van der Waals surface area contributed by atoms with E-state index in [9.17, 15) is 9.59 Å². The van der Waals surface area contributed by atoms with Crippen molar-refractivity contribution in [2.45, 2.75) is 20.1 Å². The number of aryl methyl sites for hydroxylation is 1. The average Bonchev–Trinajstić information content (AvgIpc) is 3.15. The Morgan fingerprint density at radius 2 is 1.69 bits per heavy atom. The molecule has 0 bridgehead atoms. The molecule has 1 saturated heterocycles. The van der Waals surface area contributed by atoms with Gasteiger partial charge in [-0.1, -0.05) is 78.4 Å². The lowest BCUT2D eigenvalue weighted by Gasteiger charge is -2.13. The number of ether oxygens (including phenoxy) is 2. The number of thioether (sulfide) groups is 1. The fourth-order valence-electron chi connectivity index (χ4n) is 4.25. The summed E-state index contributed by atoms with van der Waals surface area (Å²) in [7, 11) is 1.58. The highest BCUT2D eigenvalue weighted by Crippen LogP contribution is 2.35. The number of fused-ring (bicyclic) bond motifs is 1. The molecule has 1 heterocycles. The summed E-state index contributed by atoms with van der Waals surface area (Å²) in [6.45, 7) is 2.64. The molecule has 0 spiro atoms. The molecular formula is C30H25NO4S. The van der Waals surface area contributed by atoms with Crippen LogP contribution in [0.15, 0.2) is 89.8 Å². The van der Waals surface area contributed by atoms with Gasteiger partial charge in [-0.25, -0.2) is 0 Å². The van der Waals surface area contributed by atoms with E-state index in [-0.39, 0.29) is 17.7 Å². The van der Waals surface area contributed by atoms with Gasteiger partial charge in [-0.2, -0.15) is 0 Å². The predicted molar refractivity (Wildman–Crippen MR) is 144 cm³/mol. The molecule has 180 valence electrons. The highest BCUT2D eigenvalue weighted by molar-refractivity contribution is 8.18. The van der Waals surface area contributed by atoms with E-state index < -0.39 is 0 Å². The third kappa shape index (κ3) is 4.99. The van der Waals surface area contributed by atoms with E-state index in [1.807, 2.05) is 67.6 Å². The highest BCUT2D eigenvalue weighted by Gasteiger charge is 2.35. The van der Waals surface area contributed by atoms with E-state index in [0.29, 0.717) is 23.0 Å². The molecular weight excluding hydrogens is 470 g/mol. The summed E-state index contributed by atoms with van der Waals surface area (Å²) in [4.78, 5) is 27.2. The Labute approximate surface area is 214 Å². The third-order valence-corrected chi connectivity index (χ3v) is 6.95. The van der Waals surface area contributed by atoms with E-state index in [4.69, 9.17) is 9.47 Å². The van der Waals surface area contributed by atoms with Crippen molar-refractivity contribution in [3.8, 4) is 11.5 Å². The number of methoxy groups -OCH3 is 1. The average molecular weight is 496 g/mol. The molecule has 1 fully saturated rings. The topological polar surface area (TPSA) is 55.8 Å². The van der Waals surface area contributed by atoms with Gasteiger partial charge in [0.05, 0.1) is 18.6 Å². The first-order valence-corrected chi connectivity index (χ1v) is 12.4. The molecule has 4 aromatic carbocycles. The fraction of sp³-hybridized carbons (Fsp3) is 0.133. The van der Waals surface area contributed by atoms with Gasteiger partial charge in [0.1, 0.15) is 6.61 Å². The Morgan fingerprint density at radius 3 is 2.53 bits per heavy atom. The van der Waals surface area contributed by atoms with E-state index >= 15 is 0 Å². The van der Waals surface area contributed by atoms with Gasteiger partial charge in [0.25, 0.3) is 11.1 Å². The van der Waals surface area contributed by atoms with E-state index in [1.165, 1.54) is 4.90 Å². The summed E-state index contributed by atoms with van der Waals surface area (Å²) < 4.78 is 11.7. The molecule has 5 rings (SSSR count). The molecule has 0 aromatic heterocycles. The quantitative estimate of drug-likeness (QED) is 0.259. The summed E-state index contributed by atoms with van der Waals surface area (Å²) in [6, 6.07) is 27.7. The molecule has 0 aliphatic carbocycles. The van der Waals surface area contributed by atoms with Crippen LogP contribution < -0.4 is 9.47 Å². The molecule has 0 unspecified atom stereocenters. The Kier molecular flexibility index (Phi) is 6.78. The lowest BCUT2D eigenvalue weighted by Crippen LogP contribution is -2.27. The van der Waals surface area contributed by atoms with Gasteiger partial charge in [-0.05, 0) is 64.4 Å². The third-order valence-electron chi connectivity index (χ3n) is 6.05. The molecule has 0 N–H and O–H groups in total. The normalized spacial score (nSPS) is 14.6. The van der Waals surface area contributed by atoms with Crippen molar-refractivity contribution in [2.24, 2.45) is 0 Å². The van der Waals surface area contributed by atoms with Crippen molar-refractivity contribution in [3.05, 3.63) is 112 Å². The minimum Gasteiger partial charge on any atom is -0.493 e. The second kappa shape index (κ2) is 10.3. The van der Waals surface area contributed by atoms with Crippen molar-refractivity contribution in [1.29, 1.82) is 0 Å². The number of amides is 2. The zero-order chi connectivity index (χ0) is 25.1. The smallest absolute Gasteiger partial charge is 0.293 e. The number of carbonyl (C=O) groups is 2. The summed E-state index contributed by atoms with van der Waals surface area (Å²) in [5.41, 5.74) is 3.85. The molecule has 6 heteroatoms. The number of hydrogen-bond acceptors (Lipinski definition) is 5. The van der Waals surface area contributed by atoms with Crippen LogP contribution in [0, 0.1) is 6.92 Å². The van der Waals surface area contributed by atoms with Crippen LogP contribution in [0.4, 0.5) is 4.79 Å². The maximum absolute atomic E-state index is 13.0. The van der Waals surface area contributed by atoms with Crippen molar-refractivity contribution in [2.75, 3.05) is 7.11 Å². The van der Waals surface area contributed by atoms with Crippen LogP contribution in [0.25, 0.3) is 16.8 Å². The zero-order valence-corrected chi connectivity index (χ0v) is 20.9. The Balaban J connectivity index is 1.32. The SMILES string of the molecule is COc1cc(/C=C2/SC(=O)N(Cc3cccc(C)c3)C2=O)ccc1OCc1cccc2ccccc12. The lowest BCUT2D eigenvalue weighted by molar-refractivity contribution is -0.123. The molecule has 1 aliphatic rings. The van der Waals surface area contributed by atoms with Gasteiger partial charge in [-0.15, -0.1) is 0 Å². The summed E-state index contributed by atoms with van der Waals surface area (Å²) in [5.74, 6) is 0.875. The van der Waals surface area contributed by atoms with Gasteiger partial charge >= 0.3 is 0 Å². The zero-order valence-electron chi connectivity index (χ0n) is 20.1.